The first-order valence-electron chi connectivity index (χ1n) is 8.06. The van der Waals surface area contributed by atoms with E-state index >= 15 is 0 Å². The molecular weight excluding hydrogens is 322 g/mol. The standard InChI is InChI=1S/C20H22ClNO2/c1-19(2,3)11-7-13(20(4,5)6)17-15(8-11)24-16-10-12(23)9-14(21)18(16)22-17/h7-10H,1-6H3. The van der Waals surface area contributed by atoms with E-state index in [0.717, 1.165) is 11.1 Å². The first kappa shape index (κ1) is 17.0. The van der Waals surface area contributed by atoms with Crippen molar-refractivity contribution in [2.24, 2.45) is 0 Å². The van der Waals surface area contributed by atoms with Gasteiger partial charge in [-0.05, 0) is 28.0 Å². The van der Waals surface area contributed by atoms with Crippen LogP contribution in [0, 0.1) is 0 Å². The van der Waals surface area contributed by atoms with Crippen LogP contribution in [0.2, 0.25) is 5.02 Å². The maximum atomic E-state index is 11.7. The van der Waals surface area contributed by atoms with Gasteiger partial charge in [-0.3, -0.25) is 4.79 Å². The second kappa shape index (κ2) is 5.32. The van der Waals surface area contributed by atoms with E-state index in [1.165, 1.54) is 17.7 Å². The molecule has 1 aromatic carbocycles. The van der Waals surface area contributed by atoms with Crippen LogP contribution < -0.4 is 5.43 Å². The number of hydrogen-bond donors (Lipinski definition) is 0. The van der Waals surface area contributed by atoms with Crippen molar-refractivity contribution in [1.82, 2.24) is 4.98 Å². The van der Waals surface area contributed by atoms with E-state index in [1.807, 2.05) is 6.07 Å². The summed E-state index contributed by atoms with van der Waals surface area (Å²) in [6.45, 7) is 13.0. The first-order chi connectivity index (χ1) is 11.0. The minimum Gasteiger partial charge on any atom is -0.453 e. The topological polar surface area (TPSA) is 43.1 Å². The van der Waals surface area contributed by atoms with Gasteiger partial charge in [-0.15, -0.1) is 0 Å². The number of benzene rings is 2. The molecule has 2 aliphatic rings. The highest BCUT2D eigenvalue weighted by Gasteiger charge is 2.25. The Kier molecular flexibility index (Phi) is 3.76. The Hall–Kier alpha value is -1.87. The molecule has 0 saturated heterocycles. The highest BCUT2D eigenvalue weighted by Crippen LogP contribution is 2.37. The summed E-state index contributed by atoms with van der Waals surface area (Å²) in [6.07, 6.45) is 0. The van der Waals surface area contributed by atoms with E-state index in [4.69, 9.17) is 21.0 Å². The average molecular weight is 344 g/mol. The summed E-state index contributed by atoms with van der Waals surface area (Å²) in [5.74, 6) is 0.422. The van der Waals surface area contributed by atoms with Gasteiger partial charge in [0.2, 0.25) is 0 Å². The minimum absolute atomic E-state index is 0.0172. The van der Waals surface area contributed by atoms with Crippen molar-refractivity contribution in [1.29, 1.82) is 0 Å². The second-order valence-corrected chi connectivity index (χ2v) is 8.74. The molecule has 0 saturated carbocycles. The molecule has 1 aromatic rings. The SMILES string of the molecule is CC(C)(C)c1cc(C(C)(C)C)c2nc3c(Cl)cc(=O)cc-3oc2c1. The molecule has 1 heterocycles. The number of nitrogens with zero attached hydrogens (tertiary/aromatic N) is 1. The maximum absolute atomic E-state index is 11.7. The molecule has 1 aliphatic carbocycles. The van der Waals surface area contributed by atoms with Gasteiger partial charge in [0, 0.05) is 12.1 Å². The van der Waals surface area contributed by atoms with Crippen LogP contribution in [0.25, 0.3) is 22.6 Å². The van der Waals surface area contributed by atoms with Crippen molar-refractivity contribution in [3.8, 4) is 11.5 Å². The van der Waals surface area contributed by atoms with Gasteiger partial charge in [-0.1, -0.05) is 59.2 Å². The lowest BCUT2D eigenvalue weighted by Gasteiger charge is -2.26. The van der Waals surface area contributed by atoms with Crippen LogP contribution in [0.15, 0.2) is 33.5 Å². The molecule has 1 aliphatic heterocycles. The molecule has 0 amide bonds. The number of hydrogen-bond acceptors (Lipinski definition) is 3. The largest absolute Gasteiger partial charge is 0.453 e. The van der Waals surface area contributed by atoms with E-state index in [0.29, 0.717) is 22.1 Å². The number of halogens is 1. The Morgan fingerprint density at radius 2 is 1.62 bits per heavy atom. The summed E-state index contributed by atoms with van der Waals surface area (Å²) in [7, 11) is 0. The van der Waals surface area contributed by atoms with Crippen molar-refractivity contribution in [3.05, 3.63) is 50.6 Å². The van der Waals surface area contributed by atoms with Crippen LogP contribution in [0.5, 0.6) is 0 Å². The normalized spacial score (nSPS) is 13.0. The zero-order valence-electron chi connectivity index (χ0n) is 15.0. The highest BCUT2D eigenvalue weighted by atomic mass is 35.5. The van der Waals surface area contributed by atoms with Gasteiger partial charge in [0.15, 0.2) is 16.8 Å². The fourth-order valence-corrected chi connectivity index (χ4v) is 3.02. The van der Waals surface area contributed by atoms with Crippen LogP contribution in [0.4, 0.5) is 0 Å². The van der Waals surface area contributed by atoms with Crippen LogP contribution >= 0.6 is 11.6 Å². The highest BCUT2D eigenvalue weighted by molar-refractivity contribution is 6.33. The molecule has 0 bridgehead atoms. The summed E-state index contributed by atoms with van der Waals surface area (Å²) in [6, 6.07) is 7.03. The average Bonchev–Trinajstić information content (AvgIpc) is 2.42. The summed E-state index contributed by atoms with van der Waals surface area (Å²) >= 11 is 6.21. The third kappa shape index (κ3) is 2.93. The lowest BCUT2D eigenvalue weighted by molar-refractivity contribution is 0.561. The van der Waals surface area contributed by atoms with Gasteiger partial charge in [-0.25, -0.2) is 4.98 Å². The lowest BCUT2D eigenvalue weighted by atomic mass is 9.80. The molecule has 0 unspecified atom stereocenters. The lowest BCUT2D eigenvalue weighted by Crippen LogP contribution is -2.17. The predicted molar refractivity (Wildman–Crippen MR) is 99.3 cm³/mol. The Morgan fingerprint density at radius 1 is 0.958 bits per heavy atom. The van der Waals surface area contributed by atoms with E-state index in [9.17, 15) is 4.79 Å². The molecule has 24 heavy (non-hydrogen) atoms. The van der Waals surface area contributed by atoms with Gasteiger partial charge in [0.25, 0.3) is 0 Å². The third-order valence-corrected chi connectivity index (χ3v) is 4.48. The van der Waals surface area contributed by atoms with Crippen molar-refractivity contribution in [3.63, 3.8) is 0 Å². The van der Waals surface area contributed by atoms with Gasteiger partial charge >= 0.3 is 0 Å². The molecule has 3 rings (SSSR count). The third-order valence-electron chi connectivity index (χ3n) is 4.19. The van der Waals surface area contributed by atoms with Gasteiger partial charge < -0.3 is 4.42 Å². The molecule has 3 nitrogen and oxygen atoms in total. The monoisotopic (exact) mass is 343 g/mol. The first-order valence-corrected chi connectivity index (χ1v) is 8.44. The fourth-order valence-electron chi connectivity index (χ4n) is 2.77. The second-order valence-electron chi connectivity index (χ2n) is 8.34. The minimum atomic E-state index is -0.180. The van der Waals surface area contributed by atoms with Crippen LogP contribution in [0.3, 0.4) is 0 Å². The fraction of sp³-hybridized carbons (Fsp3) is 0.400. The summed E-state index contributed by atoms with van der Waals surface area (Å²) in [4.78, 5) is 16.5. The summed E-state index contributed by atoms with van der Waals surface area (Å²) in [5.41, 5.74) is 3.99. The number of aromatic nitrogens is 1. The Bertz CT molecular complexity index is 958. The van der Waals surface area contributed by atoms with Gasteiger partial charge in [-0.2, -0.15) is 0 Å². The molecule has 126 valence electrons. The van der Waals surface area contributed by atoms with Crippen LogP contribution in [-0.4, -0.2) is 4.98 Å². The van der Waals surface area contributed by atoms with E-state index < -0.39 is 0 Å². The summed E-state index contributed by atoms with van der Waals surface area (Å²) < 4.78 is 6.03. The Labute approximate surface area is 147 Å². The maximum Gasteiger partial charge on any atom is 0.184 e. The van der Waals surface area contributed by atoms with Gasteiger partial charge in [0.05, 0.1) is 5.02 Å². The van der Waals surface area contributed by atoms with Crippen molar-refractivity contribution >= 4 is 22.7 Å². The molecular formula is C20H22ClNO2. The van der Waals surface area contributed by atoms with E-state index in [2.05, 4.69) is 47.6 Å². The molecule has 0 fully saturated rings. The molecule has 0 aromatic heterocycles. The smallest absolute Gasteiger partial charge is 0.184 e. The van der Waals surface area contributed by atoms with E-state index in [-0.39, 0.29) is 16.3 Å². The van der Waals surface area contributed by atoms with Crippen molar-refractivity contribution in [2.45, 2.75) is 52.4 Å². The molecule has 0 atom stereocenters. The van der Waals surface area contributed by atoms with Crippen molar-refractivity contribution < 1.29 is 4.42 Å². The molecule has 0 spiro atoms. The van der Waals surface area contributed by atoms with Gasteiger partial charge in [0.1, 0.15) is 11.2 Å². The van der Waals surface area contributed by atoms with Crippen molar-refractivity contribution in [2.75, 3.05) is 0 Å². The Morgan fingerprint density at radius 3 is 2.21 bits per heavy atom. The zero-order valence-corrected chi connectivity index (χ0v) is 15.7. The zero-order chi connectivity index (χ0) is 17.9. The molecule has 4 heteroatoms. The predicted octanol–water partition coefficient (Wildman–Crippen LogP) is 5.54. The number of fused-ring (bicyclic) bond motifs is 2. The van der Waals surface area contributed by atoms with E-state index in [1.54, 1.807) is 0 Å². The number of rotatable bonds is 0. The molecule has 0 N–H and O–H groups in total. The van der Waals surface area contributed by atoms with Crippen LogP contribution in [0.1, 0.15) is 52.7 Å². The quantitative estimate of drug-likeness (QED) is 0.503. The molecule has 0 radical (unpaired) electrons. The Balaban J connectivity index is 2.49. The summed E-state index contributed by atoms with van der Waals surface area (Å²) in [5, 5.41) is 0.322. The van der Waals surface area contributed by atoms with Crippen LogP contribution in [-0.2, 0) is 10.8 Å².